The van der Waals surface area contributed by atoms with Gasteiger partial charge in [-0.3, -0.25) is 4.79 Å². The fraction of sp³-hybridized carbons (Fsp3) is 0.160. The van der Waals surface area contributed by atoms with Crippen molar-refractivity contribution in [3.05, 3.63) is 84.8 Å². The minimum absolute atomic E-state index is 0.224. The molecule has 0 saturated carbocycles. The summed E-state index contributed by atoms with van der Waals surface area (Å²) in [4.78, 5) is 17.5. The Morgan fingerprint density at radius 1 is 1.09 bits per heavy atom. The number of halogens is 2. The first-order valence-corrected chi connectivity index (χ1v) is 12.1. The minimum atomic E-state index is -0.253. The summed E-state index contributed by atoms with van der Waals surface area (Å²) in [5.41, 5.74) is 2.01. The SMILES string of the molecule is COc1cc(C=Nn2c(C)nc3ccc(Br)cc3c2=O)c(Br)cc1OCc1ccc2c(c1)OCO2. The zero-order valence-corrected chi connectivity index (χ0v) is 21.9. The number of aromatic nitrogens is 2. The zero-order valence-electron chi connectivity index (χ0n) is 18.7. The van der Waals surface area contributed by atoms with Gasteiger partial charge >= 0.3 is 0 Å². The summed E-state index contributed by atoms with van der Waals surface area (Å²) in [7, 11) is 1.57. The van der Waals surface area contributed by atoms with Gasteiger partial charge in [0.05, 0.1) is 24.2 Å². The van der Waals surface area contributed by atoms with Gasteiger partial charge in [-0.25, -0.2) is 4.98 Å². The van der Waals surface area contributed by atoms with E-state index < -0.39 is 0 Å². The highest BCUT2D eigenvalue weighted by Crippen LogP contribution is 2.35. The summed E-state index contributed by atoms with van der Waals surface area (Å²) >= 11 is 6.96. The van der Waals surface area contributed by atoms with E-state index in [1.165, 1.54) is 4.68 Å². The maximum atomic E-state index is 13.0. The van der Waals surface area contributed by atoms with Crippen LogP contribution in [0.2, 0.25) is 0 Å². The lowest BCUT2D eigenvalue weighted by molar-refractivity contribution is 0.174. The van der Waals surface area contributed by atoms with Crippen LogP contribution in [0.3, 0.4) is 0 Å². The van der Waals surface area contributed by atoms with Crippen LogP contribution >= 0.6 is 31.9 Å². The molecule has 0 saturated heterocycles. The summed E-state index contributed by atoms with van der Waals surface area (Å²) in [6.07, 6.45) is 1.58. The molecule has 8 nitrogen and oxygen atoms in total. The molecule has 5 rings (SSSR count). The summed E-state index contributed by atoms with van der Waals surface area (Å²) < 4.78 is 25.1. The Balaban J connectivity index is 1.41. The lowest BCUT2D eigenvalue weighted by Crippen LogP contribution is -2.20. The Kier molecular flexibility index (Phi) is 6.48. The summed E-state index contributed by atoms with van der Waals surface area (Å²) in [5.74, 6) is 2.99. The first kappa shape index (κ1) is 23.4. The Labute approximate surface area is 217 Å². The van der Waals surface area contributed by atoms with E-state index in [4.69, 9.17) is 18.9 Å². The molecule has 0 atom stereocenters. The van der Waals surface area contributed by atoms with Crippen LogP contribution in [0.4, 0.5) is 0 Å². The van der Waals surface area contributed by atoms with Crippen molar-refractivity contribution >= 4 is 49.0 Å². The van der Waals surface area contributed by atoms with Crippen LogP contribution in [0.1, 0.15) is 17.0 Å². The third kappa shape index (κ3) is 4.76. The van der Waals surface area contributed by atoms with Crippen LogP contribution < -0.4 is 24.5 Å². The number of benzene rings is 3. The number of hydrogen-bond acceptors (Lipinski definition) is 7. The Morgan fingerprint density at radius 3 is 2.74 bits per heavy atom. The Morgan fingerprint density at radius 2 is 1.91 bits per heavy atom. The van der Waals surface area contributed by atoms with Crippen molar-refractivity contribution < 1.29 is 18.9 Å². The Hall–Kier alpha value is -3.37. The summed E-state index contributed by atoms with van der Waals surface area (Å²) in [6, 6.07) is 14.6. The summed E-state index contributed by atoms with van der Waals surface area (Å²) in [5, 5.41) is 4.88. The molecule has 0 fully saturated rings. The molecular formula is C25H19Br2N3O5. The van der Waals surface area contributed by atoms with E-state index in [9.17, 15) is 4.79 Å². The molecule has 0 unspecified atom stereocenters. The van der Waals surface area contributed by atoms with Crippen LogP contribution in [-0.2, 0) is 6.61 Å². The number of nitrogens with zero attached hydrogens (tertiary/aromatic N) is 3. The fourth-order valence-electron chi connectivity index (χ4n) is 3.63. The lowest BCUT2D eigenvalue weighted by Gasteiger charge is -2.13. The molecule has 1 aromatic heterocycles. The van der Waals surface area contributed by atoms with Gasteiger partial charge in [0.1, 0.15) is 12.4 Å². The van der Waals surface area contributed by atoms with Gasteiger partial charge in [-0.05, 0) is 70.9 Å². The van der Waals surface area contributed by atoms with Crippen LogP contribution in [0.25, 0.3) is 10.9 Å². The number of ether oxygens (including phenoxy) is 4. The van der Waals surface area contributed by atoms with Crippen LogP contribution in [0.15, 0.2) is 67.4 Å². The van der Waals surface area contributed by atoms with Gasteiger partial charge in [0.2, 0.25) is 6.79 Å². The average molecular weight is 601 g/mol. The van der Waals surface area contributed by atoms with E-state index in [0.717, 1.165) is 20.3 Å². The average Bonchev–Trinajstić information content (AvgIpc) is 3.32. The normalized spacial score (nSPS) is 12.5. The molecule has 3 aromatic carbocycles. The third-order valence-corrected chi connectivity index (χ3v) is 6.58. The van der Waals surface area contributed by atoms with Crippen molar-refractivity contribution in [3.8, 4) is 23.0 Å². The van der Waals surface area contributed by atoms with Crippen molar-refractivity contribution in [1.29, 1.82) is 0 Å². The standard InChI is InChI=1S/C25H19Br2N3O5/c1-14-29-20-5-4-17(26)9-18(20)25(31)30(14)28-11-16-8-22(32-2)24(10-19(16)27)33-12-15-3-6-21-23(7-15)35-13-34-21/h3-11H,12-13H2,1-2H3. The summed E-state index contributed by atoms with van der Waals surface area (Å²) in [6.45, 7) is 2.28. The predicted octanol–water partition coefficient (Wildman–Crippen LogP) is 5.43. The van der Waals surface area contributed by atoms with Crippen LogP contribution in [-0.4, -0.2) is 29.8 Å². The van der Waals surface area contributed by atoms with Gasteiger partial charge < -0.3 is 18.9 Å². The van der Waals surface area contributed by atoms with Crippen molar-refractivity contribution in [2.45, 2.75) is 13.5 Å². The number of aryl methyl sites for hydroxylation is 1. The molecule has 10 heteroatoms. The molecule has 0 spiro atoms. The lowest BCUT2D eigenvalue weighted by atomic mass is 10.2. The van der Waals surface area contributed by atoms with Crippen molar-refractivity contribution in [1.82, 2.24) is 9.66 Å². The monoisotopic (exact) mass is 599 g/mol. The second-order valence-corrected chi connectivity index (χ2v) is 9.45. The first-order chi connectivity index (χ1) is 16.9. The van der Waals surface area contributed by atoms with Crippen molar-refractivity contribution in [2.24, 2.45) is 5.10 Å². The molecule has 0 N–H and O–H groups in total. The van der Waals surface area contributed by atoms with Crippen LogP contribution in [0, 0.1) is 6.92 Å². The maximum Gasteiger partial charge on any atom is 0.282 e. The molecule has 178 valence electrons. The number of hydrogen-bond donors (Lipinski definition) is 0. The Bertz CT molecular complexity index is 1530. The van der Waals surface area contributed by atoms with Gasteiger partial charge in [0, 0.05) is 14.5 Å². The van der Waals surface area contributed by atoms with E-state index in [0.29, 0.717) is 46.1 Å². The maximum absolute atomic E-state index is 13.0. The number of methoxy groups -OCH3 is 1. The van der Waals surface area contributed by atoms with E-state index in [1.54, 1.807) is 44.5 Å². The largest absolute Gasteiger partial charge is 0.493 e. The molecule has 35 heavy (non-hydrogen) atoms. The van der Waals surface area contributed by atoms with E-state index in [2.05, 4.69) is 41.9 Å². The molecule has 0 aliphatic carbocycles. The molecule has 0 radical (unpaired) electrons. The second-order valence-electron chi connectivity index (χ2n) is 7.68. The third-order valence-electron chi connectivity index (χ3n) is 5.40. The topological polar surface area (TPSA) is 84.2 Å². The highest BCUT2D eigenvalue weighted by atomic mass is 79.9. The van der Waals surface area contributed by atoms with E-state index >= 15 is 0 Å². The molecule has 2 heterocycles. The van der Waals surface area contributed by atoms with E-state index in [-0.39, 0.29) is 12.4 Å². The number of rotatable bonds is 6. The second kappa shape index (κ2) is 9.71. The molecule has 4 aromatic rings. The predicted molar refractivity (Wildman–Crippen MR) is 139 cm³/mol. The smallest absolute Gasteiger partial charge is 0.282 e. The minimum Gasteiger partial charge on any atom is -0.493 e. The van der Waals surface area contributed by atoms with Crippen LogP contribution in [0.5, 0.6) is 23.0 Å². The van der Waals surface area contributed by atoms with Crippen molar-refractivity contribution in [2.75, 3.05) is 13.9 Å². The number of fused-ring (bicyclic) bond motifs is 2. The highest BCUT2D eigenvalue weighted by molar-refractivity contribution is 9.10. The first-order valence-electron chi connectivity index (χ1n) is 10.5. The molecule has 0 amide bonds. The molecule has 1 aliphatic heterocycles. The van der Waals surface area contributed by atoms with Gasteiger partial charge in [-0.1, -0.05) is 22.0 Å². The van der Waals surface area contributed by atoms with Gasteiger partial charge in [-0.15, -0.1) is 0 Å². The van der Waals surface area contributed by atoms with E-state index in [1.807, 2.05) is 24.3 Å². The fourth-order valence-corrected chi connectivity index (χ4v) is 4.42. The van der Waals surface area contributed by atoms with Crippen molar-refractivity contribution in [3.63, 3.8) is 0 Å². The van der Waals surface area contributed by atoms with Gasteiger partial charge in [-0.2, -0.15) is 9.78 Å². The quantitative estimate of drug-likeness (QED) is 0.275. The molecule has 1 aliphatic rings. The van der Waals surface area contributed by atoms with Gasteiger partial charge in [0.15, 0.2) is 23.0 Å². The highest BCUT2D eigenvalue weighted by Gasteiger charge is 2.15. The molecular weight excluding hydrogens is 582 g/mol. The zero-order chi connectivity index (χ0) is 24.5. The molecule has 0 bridgehead atoms. The van der Waals surface area contributed by atoms with Gasteiger partial charge in [0.25, 0.3) is 5.56 Å².